The van der Waals surface area contributed by atoms with Crippen LogP contribution in [0.25, 0.3) is 0 Å². The van der Waals surface area contributed by atoms with Gasteiger partial charge in [-0.15, -0.1) is 0 Å². The number of hydrogen-bond donors (Lipinski definition) is 1. The number of carbonyl (C=O) groups is 2. The van der Waals surface area contributed by atoms with Crippen LogP contribution in [0, 0.1) is 5.92 Å². The van der Waals surface area contributed by atoms with Gasteiger partial charge in [-0.05, 0) is 51.9 Å². The predicted molar refractivity (Wildman–Crippen MR) is 78.6 cm³/mol. The van der Waals surface area contributed by atoms with Crippen LogP contribution < -0.4 is 5.32 Å². The van der Waals surface area contributed by atoms with Gasteiger partial charge in [-0.3, -0.25) is 9.59 Å². The van der Waals surface area contributed by atoms with Crippen LogP contribution in [-0.2, 0) is 14.3 Å². The maximum absolute atomic E-state index is 12.7. The van der Waals surface area contributed by atoms with Crippen LogP contribution in [-0.4, -0.2) is 47.0 Å². The van der Waals surface area contributed by atoms with Gasteiger partial charge in [0.15, 0.2) is 0 Å². The molecule has 1 N–H and O–H groups in total. The van der Waals surface area contributed by atoms with Crippen molar-refractivity contribution < 1.29 is 14.3 Å². The first-order valence-electron chi connectivity index (χ1n) is 8.20. The minimum absolute atomic E-state index is 0.00579. The monoisotopic (exact) mass is 294 g/mol. The summed E-state index contributed by atoms with van der Waals surface area (Å²) in [5, 5.41) is 2.93. The molecule has 2 saturated heterocycles. The van der Waals surface area contributed by atoms with Gasteiger partial charge in [0.1, 0.15) is 12.1 Å². The summed E-state index contributed by atoms with van der Waals surface area (Å²) in [4.78, 5) is 26.8. The zero-order valence-corrected chi connectivity index (χ0v) is 13.2. The van der Waals surface area contributed by atoms with Crippen molar-refractivity contribution in [2.24, 2.45) is 5.92 Å². The first kappa shape index (κ1) is 14.8. The summed E-state index contributed by atoms with van der Waals surface area (Å²) in [7, 11) is 0. The smallest absolute Gasteiger partial charge is 0.246 e. The molecule has 3 fully saturated rings. The highest BCUT2D eigenvalue weighted by molar-refractivity contribution is 5.97. The summed E-state index contributed by atoms with van der Waals surface area (Å²) in [5.41, 5.74) is -0.108. The fraction of sp³-hybridized carbons (Fsp3) is 0.875. The van der Waals surface area contributed by atoms with E-state index in [-0.39, 0.29) is 35.6 Å². The number of carbonyl (C=O) groups excluding carboxylic acids is 2. The molecule has 2 amide bonds. The Morgan fingerprint density at radius 1 is 1.29 bits per heavy atom. The Kier molecular flexibility index (Phi) is 3.72. The number of nitrogens with one attached hydrogen (secondary N) is 1. The lowest BCUT2D eigenvalue weighted by atomic mass is 10.0. The molecule has 1 saturated carbocycles. The molecule has 3 atom stereocenters. The summed E-state index contributed by atoms with van der Waals surface area (Å²) in [6.07, 6.45) is 4.79. The first-order chi connectivity index (χ1) is 9.91. The van der Waals surface area contributed by atoms with Crippen LogP contribution >= 0.6 is 0 Å². The molecule has 1 aliphatic carbocycles. The van der Waals surface area contributed by atoms with Gasteiger partial charge >= 0.3 is 0 Å². The Morgan fingerprint density at radius 2 is 2.00 bits per heavy atom. The molecule has 2 heterocycles. The molecule has 0 aromatic rings. The van der Waals surface area contributed by atoms with Crippen molar-refractivity contribution in [3.8, 4) is 0 Å². The van der Waals surface area contributed by atoms with Crippen molar-refractivity contribution in [3.63, 3.8) is 0 Å². The van der Waals surface area contributed by atoms with E-state index in [4.69, 9.17) is 4.74 Å². The fourth-order valence-electron chi connectivity index (χ4n) is 3.58. The third-order valence-electron chi connectivity index (χ3n) is 4.96. The Balaban J connectivity index is 1.72. The first-order valence-corrected chi connectivity index (χ1v) is 8.20. The lowest BCUT2D eigenvalue weighted by Crippen LogP contribution is -2.64. The maximum atomic E-state index is 12.7. The lowest BCUT2D eigenvalue weighted by molar-refractivity contribution is -0.152. The molecule has 0 aromatic heterocycles. The predicted octanol–water partition coefficient (Wildman–Crippen LogP) is 1.46. The fourth-order valence-corrected chi connectivity index (χ4v) is 3.58. The molecular formula is C16H26N2O3. The highest BCUT2D eigenvalue weighted by Crippen LogP contribution is 2.36. The van der Waals surface area contributed by atoms with E-state index in [9.17, 15) is 9.59 Å². The minimum Gasteiger partial charge on any atom is -0.371 e. The van der Waals surface area contributed by atoms with Crippen LogP contribution in [0.2, 0.25) is 0 Å². The van der Waals surface area contributed by atoms with Crippen molar-refractivity contribution in [1.82, 2.24) is 10.2 Å². The van der Waals surface area contributed by atoms with E-state index in [2.05, 4.69) is 19.2 Å². The largest absolute Gasteiger partial charge is 0.371 e. The molecule has 0 radical (unpaired) electrons. The summed E-state index contributed by atoms with van der Waals surface area (Å²) in [6, 6.07) is -0.630. The molecule has 3 unspecified atom stereocenters. The van der Waals surface area contributed by atoms with Crippen molar-refractivity contribution in [1.29, 1.82) is 0 Å². The second-order valence-corrected chi connectivity index (χ2v) is 7.28. The number of ether oxygens (including phenoxy) is 1. The van der Waals surface area contributed by atoms with Crippen LogP contribution in [0.1, 0.15) is 52.9 Å². The zero-order chi connectivity index (χ0) is 15.2. The second-order valence-electron chi connectivity index (χ2n) is 7.28. The van der Waals surface area contributed by atoms with Gasteiger partial charge in [0.25, 0.3) is 0 Å². The molecule has 5 heteroatoms. The second kappa shape index (κ2) is 5.27. The number of hydrogen-bond acceptors (Lipinski definition) is 3. The van der Waals surface area contributed by atoms with E-state index in [1.54, 1.807) is 4.90 Å². The van der Waals surface area contributed by atoms with Crippen LogP contribution in [0.3, 0.4) is 0 Å². The van der Waals surface area contributed by atoms with Crippen molar-refractivity contribution in [2.45, 2.75) is 76.7 Å². The molecule has 0 aromatic carbocycles. The number of piperazine rings is 1. The normalized spacial score (nSPS) is 36.0. The zero-order valence-electron chi connectivity index (χ0n) is 13.2. The minimum atomic E-state index is -0.334. The van der Waals surface area contributed by atoms with Gasteiger partial charge in [-0.1, -0.05) is 6.92 Å². The van der Waals surface area contributed by atoms with Crippen LogP contribution in [0.4, 0.5) is 0 Å². The summed E-state index contributed by atoms with van der Waals surface area (Å²) in [5.74, 6) is 0.450. The average molecular weight is 294 g/mol. The van der Waals surface area contributed by atoms with Gasteiger partial charge in [-0.2, -0.15) is 0 Å². The van der Waals surface area contributed by atoms with Crippen molar-refractivity contribution in [2.75, 3.05) is 6.54 Å². The number of nitrogens with zero attached hydrogens (tertiary/aromatic N) is 1. The van der Waals surface area contributed by atoms with E-state index in [0.29, 0.717) is 18.9 Å². The van der Waals surface area contributed by atoms with Gasteiger partial charge in [-0.25, -0.2) is 0 Å². The summed E-state index contributed by atoms with van der Waals surface area (Å²) >= 11 is 0. The quantitative estimate of drug-likeness (QED) is 0.854. The highest BCUT2D eigenvalue weighted by Gasteiger charge is 2.47. The molecule has 3 rings (SSSR count). The third-order valence-corrected chi connectivity index (χ3v) is 4.96. The van der Waals surface area contributed by atoms with Crippen LogP contribution in [0.5, 0.6) is 0 Å². The van der Waals surface area contributed by atoms with Gasteiger partial charge in [0.05, 0.1) is 11.7 Å². The molecular weight excluding hydrogens is 268 g/mol. The molecule has 2 aliphatic heterocycles. The van der Waals surface area contributed by atoms with E-state index in [0.717, 1.165) is 25.7 Å². The molecule has 21 heavy (non-hydrogen) atoms. The van der Waals surface area contributed by atoms with Crippen molar-refractivity contribution >= 4 is 11.8 Å². The van der Waals surface area contributed by atoms with Gasteiger partial charge in [0.2, 0.25) is 11.8 Å². The Bertz CT molecular complexity index is 445. The molecule has 3 aliphatic rings. The van der Waals surface area contributed by atoms with Gasteiger partial charge < -0.3 is 15.0 Å². The van der Waals surface area contributed by atoms with E-state index in [1.807, 2.05) is 6.92 Å². The standard InChI is InChI=1S/C16H26N2O3/c1-4-12-14(19)17-13(10-5-6-10)15(20)18(12)9-11-7-8-16(2,3)21-11/h10-13H,4-9H2,1-3H3,(H,17,19). The topological polar surface area (TPSA) is 58.6 Å². The Labute approximate surface area is 126 Å². The summed E-state index contributed by atoms with van der Waals surface area (Å²) in [6.45, 7) is 6.68. The Morgan fingerprint density at radius 3 is 2.52 bits per heavy atom. The molecule has 0 spiro atoms. The van der Waals surface area contributed by atoms with Crippen LogP contribution in [0.15, 0.2) is 0 Å². The van der Waals surface area contributed by atoms with Gasteiger partial charge in [0, 0.05) is 6.54 Å². The highest BCUT2D eigenvalue weighted by atomic mass is 16.5. The van der Waals surface area contributed by atoms with E-state index < -0.39 is 0 Å². The summed E-state index contributed by atoms with van der Waals surface area (Å²) < 4.78 is 6.01. The maximum Gasteiger partial charge on any atom is 0.246 e. The average Bonchev–Trinajstić information content (AvgIpc) is 3.19. The van der Waals surface area contributed by atoms with E-state index in [1.165, 1.54) is 0 Å². The van der Waals surface area contributed by atoms with Crippen molar-refractivity contribution in [3.05, 3.63) is 0 Å². The lowest BCUT2D eigenvalue weighted by Gasteiger charge is -2.40. The number of rotatable bonds is 4. The molecule has 118 valence electrons. The third kappa shape index (κ3) is 2.93. The molecule has 5 nitrogen and oxygen atoms in total. The number of amides is 2. The SMILES string of the molecule is CCC1C(=O)NC(C2CC2)C(=O)N1CC1CCC(C)(C)O1. The Hall–Kier alpha value is -1.10. The molecule has 0 bridgehead atoms. The van der Waals surface area contributed by atoms with E-state index >= 15 is 0 Å².